The first-order valence-corrected chi connectivity index (χ1v) is 2.69. The molecule has 0 aliphatic rings. The third kappa shape index (κ3) is 1.27. The van der Waals surface area contributed by atoms with Gasteiger partial charge in [0.25, 0.3) is 0 Å². The van der Waals surface area contributed by atoms with E-state index in [0.29, 0.717) is 5.56 Å². The van der Waals surface area contributed by atoms with Crippen LogP contribution in [-0.4, -0.2) is 0 Å². The monoisotopic (exact) mass is 124 g/mol. The van der Waals surface area contributed by atoms with Gasteiger partial charge >= 0.3 is 0 Å². The Morgan fingerprint density at radius 1 is 1.67 bits per heavy atom. The summed E-state index contributed by atoms with van der Waals surface area (Å²) in [6, 6.07) is 7.16. The lowest BCUT2D eigenvalue weighted by atomic mass is 10.2. The van der Waals surface area contributed by atoms with Gasteiger partial charge in [0, 0.05) is 12.1 Å². The second kappa shape index (κ2) is 2.60. The van der Waals surface area contributed by atoms with Gasteiger partial charge in [0.2, 0.25) is 0 Å². The van der Waals surface area contributed by atoms with Gasteiger partial charge in [-0.3, -0.25) is 0 Å². The van der Waals surface area contributed by atoms with Gasteiger partial charge in [-0.1, -0.05) is 6.07 Å². The Kier molecular flexibility index (Phi) is 1.80. The molecule has 2 N–H and O–H groups in total. The molecule has 0 bridgehead atoms. The van der Waals surface area contributed by atoms with E-state index >= 15 is 0 Å². The van der Waals surface area contributed by atoms with Crippen LogP contribution in [-0.2, 0) is 6.54 Å². The Morgan fingerprint density at radius 3 is 2.89 bits per heavy atom. The van der Waals surface area contributed by atoms with Crippen molar-refractivity contribution in [2.75, 3.05) is 0 Å². The summed E-state index contributed by atoms with van der Waals surface area (Å²) in [6.45, 7) is 0.239. The molecule has 0 fully saturated rings. The molecule has 1 rings (SSSR count). The normalized spacial score (nSPS) is 9.56. The Morgan fingerprint density at radius 2 is 2.44 bits per heavy atom. The van der Waals surface area contributed by atoms with E-state index < -0.39 is 0 Å². The molecule has 0 heterocycles. The van der Waals surface area contributed by atoms with Crippen molar-refractivity contribution in [2.24, 2.45) is 5.73 Å². The highest BCUT2D eigenvalue weighted by Crippen LogP contribution is 2.02. The molecule has 0 unspecified atom stereocenters. The molecule has 47 valence electrons. The summed E-state index contributed by atoms with van der Waals surface area (Å²) in [7, 11) is 0. The number of halogens is 1. The van der Waals surface area contributed by atoms with Crippen molar-refractivity contribution in [1.29, 1.82) is 0 Å². The minimum absolute atomic E-state index is 0.239. The topological polar surface area (TPSA) is 26.0 Å². The zero-order valence-electron chi connectivity index (χ0n) is 4.89. The minimum atomic E-state index is -0.253. The first-order chi connectivity index (χ1) is 4.34. The van der Waals surface area contributed by atoms with Crippen LogP contribution in [0.5, 0.6) is 0 Å². The maximum absolute atomic E-state index is 12.5. The summed E-state index contributed by atoms with van der Waals surface area (Å²) >= 11 is 0. The summed E-state index contributed by atoms with van der Waals surface area (Å²) < 4.78 is 12.5. The third-order valence-electron chi connectivity index (χ3n) is 1.11. The lowest BCUT2D eigenvalue weighted by molar-refractivity contribution is 0.610. The Hall–Kier alpha value is -0.890. The fourth-order valence-corrected chi connectivity index (χ4v) is 0.602. The molecular formula is C7H7FN. The van der Waals surface area contributed by atoms with Gasteiger partial charge in [-0.15, -0.1) is 0 Å². The van der Waals surface area contributed by atoms with E-state index in [1.165, 1.54) is 12.1 Å². The van der Waals surface area contributed by atoms with Crippen LogP contribution in [0.15, 0.2) is 18.2 Å². The molecular weight excluding hydrogens is 117 g/mol. The Labute approximate surface area is 53.3 Å². The molecule has 2 heteroatoms. The number of hydrogen-bond donors (Lipinski definition) is 1. The first kappa shape index (κ1) is 6.23. The molecule has 0 amide bonds. The summed E-state index contributed by atoms with van der Waals surface area (Å²) in [6.07, 6.45) is 0. The van der Waals surface area contributed by atoms with Gasteiger partial charge in [0.1, 0.15) is 5.82 Å². The quantitative estimate of drug-likeness (QED) is 0.595. The van der Waals surface area contributed by atoms with Crippen molar-refractivity contribution in [3.63, 3.8) is 0 Å². The van der Waals surface area contributed by atoms with Crippen LogP contribution in [0.1, 0.15) is 5.56 Å². The molecule has 0 aliphatic heterocycles. The van der Waals surface area contributed by atoms with Crippen molar-refractivity contribution in [1.82, 2.24) is 0 Å². The molecule has 1 aromatic carbocycles. The maximum Gasteiger partial charge on any atom is 0.127 e. The maximum atomic E-state index is 12.5. The highest BCUT2D eigenvalue weighted by atomic mass is 19.1. The molecule has 0 saturated carbocycles. The predicted octanol–water partition coefficient (Wildman–Crippen LogP) is 1.08. The summed E-state index contributed by atoms with van der Waals surface area (Å²) in [5.41, 5.74) is 5.70. The van der Waals surface area contributed by atoms with Crippen LogP contribution >= 0.6 is 0 Å². The van der Waals surface area contributed by atoms with Crippen molar-refractivity contribution in [3.05, 3.63) is 35.6 Å². The summed E-state index contributed by atoms with van der Waals surface area (Å²) in [5.74, 6) is -0.253. The molecule has 0 atom stereocenters. The molecule has 0 aliphatic carbocycles. The van der Waals surface area contributed by atoms with Crippen molar-refractivity contribution in [3.8, 4) is 0 Å². The lowest BCUT2D eigenvalue weighted by Crippen LogP contribution is -1.98. The highest BCUT2D eigenvalue weighted by molar-refractivity contribution is 5.15. The zero-order valence-corrected chi connectivity index (χ0v) is 4.89. The van der Waals surface area contributed by atoms with Crippen molar-refractivity contribution in [2.45, 2.75) is 6.54 Å². The number of nitrogens with two attached hydrogens (primary N) is 1. The van der Waals surface area contributed by atoms with Crippen LogP contribution in [0, 0.1) is 11.9 Å². The Balaban J connectivity index is 3.01. The van der Waals surface area contributed by atoms with E-state index in [4.69, 9.17) is 5.73 Å². The number of rotatable bonds is 1. The van der Waals surface area contributed by atoms with Gasteiger partial charge in [0.05, 0.1) is 0 Å². The molecule has 1 aromatic rings. The van der Waals surface area contributed by atoms with E-state index in [1.807, 2.05) is 0 Å². The van der Waals surface area contributed by atoms with Gasteiger partial charge in [-0.2, -0.15) is 0 Å². The molecule has 0 aromatic heterocycles. The standard InChI is InChI=1S/C7H7FN/c8-7-4-2-1-3-6(7)5-9/h2-4H,5,9H2. The average molecular weight is 124 g/mol. The average Bonchev–Trinajstić information content (AvgIpc) is 1.89. The van der Waals surface area contributed by atoms with Crippen LogP contribution in [0.4, 0.5) is 4.39 Å². The van der Waals surface area contributed by atoms with E-state index in [9.17, 15) is 4.39 Å². The van der Waals surface area contributed by atoms with E-state index in [2.05, 4.69) is 6.07 Å². The second-order valence-corrected chi connectivity index (χ2v) is 1.72. The van der Waals surface area contributed by atoms with Crippen molar-refractivity contribution >= 4 is 0 Å². The molecule has 1 radical (unpaired) electrons. The fourth-order valence-electron chi connectivity index (χ4n) is 0.602. The highest BCUT2D eigenvalue weighted by Gasteiger charge is 1.94. The molecule has 0 spiro atoms. The predicted molar refractivity (Wildman–Crippen MR) is 33.1 cm³/mol. The third-order valence-corrected chi connectivity index (χ3v) is 1.11. The van der Waals surface area contributed by atoms with E-state index in [-0.39, 0.29) is 12.4 Å². The van der Waals surface area contributed by atoms with Gasteiger partial charge in [-0.05, 0) is 18.2 Å². The minimum Gasteiger partial charge on any atom is -0.326 e. The first-order valence-electron chi connectivity index (χ1n) is 2.69. The second-order valence-electron chi connectivity index (χ2n) is 1.72. The van der Waals surface area contributed by atoms with Gasteiger partial charge in [-0.25, -0.2) is 4.39 Å². The van der Waals surface area contributed by atoms with Gasteiger partial charge < -0.3 is 5.73 Å². The van der Waals surface area contributed by atoms with Crippen molar-refractivity contribution < 1.29 is 4.39 Å². The molecule has 1 nitrogen and oxygen atoms in total. The smallest absolute Gasteiger partial charge is 0.127 e. The number of benzene rings is 1. The van der Waals surface area contributed by atoms with Crippen LogP contribution in [0.2, 0.25) is 0 Å². The number of hydrogen-bond acceptors (Lipinski definition) is 1. The lowest BCUT2D eigenvalue weighted by Gasteiger charge is -1.94. The summed E-state index contributed by atoms with van der Waals surface area (Å²) in [5, 5.41) is 0. The molecule has 0 saturated heterocycles. The molecule has 9 heavy (non-hydrogen) atoms. The summed E-state index contributed by atoms with van der Waals surface area (Å²) in [4.78, 5) is 0. The van der Waals surface area contributed by atoms with Crippen LogP contribution < -0.4 is 5.73 Å². The van der Waals surface area contributed by atoms with Gasteiger partial charge in [0.15, 0.2) is 0 Å². The van der Waals surface area contributed by atoms with Crippen LogP contribution in [0.25, 0.3) is 0 Å². The zero-order chi connectivity index (χ0) is 6.69. The fraction of sp³-hybridized carbons (Fsp3) is 0.143. The van der Waals surface area contributed by atoms with E-state index in [1.54, 1.807) is 6.07 Å². The van der Waals surface area contributed by atoms with E-state index in [0.717, 1.165) is 0 Å². The Bertz CT molecular complexity index is 198. The SMILES string of the molecule is NCc1c[c]ccc1F. The largest absolute Gasteiger partial charge is 0.326 e. The van der Waals surface area contributed by atoms with Crippen LogP contribution in [0.3, 0.4) is 0 Å².